The number of rotatable bonds is 6. The zero-order valence-corrected chi connectivity index (χ0v) is 13.6. The van der Waals surface area contributed by atoms with Crippen molar-refractivity contribution in [3.05, 3.63) is 41.2 Å². The summed E-state index contributed by atoms with van der Waals surface area (Å²) in [4.78, 5) is 0. The largest absolute Gasteiger partial charge is 0.494 e. The third-order valence-electron chi connectivity index (χ3n) is 3.52. The Kier molecular flexibility index (Phi) is 4.89. The summed E-state index contributed by atoms with van der Waals surface area (Å²) >= 11 is 0. The van der Waals surface area contributed by atoms with Gasteiger partial charge in [0.25, 0.3) is 0 Å². The SMILES string of the molecule is CCOc1ccc(CNc2c(C)nn(C(C)C)c2C)cc1. The first kappa shape index (κ1) is 15.4. The monoisotopic (exact) mass is 287 g/mol. The van der Waals surface area contributed by atoms with E-state index in [2.05, 4.69) is 48.0 Å². The summed E-state index contributed by atoms with van der Waals surface area (Å²) in [6, 6.07) is 8.59. The molecule has 1 heterocycles. The Morgan fingerprint density at radius 1 is 1.19 bits per heavy atom. The van der Waals surface area contributed by atoms with Crippen molar-refractivity contribution >= 4 is 5.69 Å². The molecule has 1 aromatic heterocycles. The molecule has 0 unspecified atom stereocenters. The highest BCUT2D eigenvalue weighted by Gasteiger charge is 2.12. The van der Waals surface area contributed by atoms with Crippen LogP contribution in [0.5, 0.6) is 5.75 Å². The number of hydrogen-bond acceptors (Lipinski definition) is 3. The van der Waals surface area contributed by atoms with E-state index >= 15 is 0 Å². The van der Waals surface area contributed by atoms with Crippen molar-refractivity contribution < 1.29 is 4.74 Å². The minimum atomic E-state index is 0.379. The minimum absolute atomic E-state index is 0.379. The van der Waals surface area contributed by atoms with E-state index in [1.807, 2.05) is 26.0 Å². The van der Waals surface area contributed by atoms with Gasteiger partial charge < -0.3 is 10.1 Å². The molecule has 0 aliphatic carbocycles. The lowest BCUT2D eigenvalue weighted by Gasteiger charge is -2.10. The van der Waals surface area contributed by atoms with Gasteiger partial charge in [-0.3, -0.25) is 4.68 Å². The van der Waals surface area contributed by atoms with Crippen LogP contribution in [-0.4, -0.2) is 16.4 Å². The Bertz CT molecular complexity index is 585. The van der Waals surface area contributed by atoms with Gasteiger partial charge in [-0.15, -0.1) is 0 Å². The second kappa shape index (κ2) is 6.66. The first-order valence-corrected chi connectivity index (χ1v) is 7.54. The number of anilines is 1. The van der Waals surface area contributed by atoms with Gasteiger partial charge >= 0.3 is 0 Å². The molecule has 2 rings (SSSR count). The van der Waals surface area contributed by atoms with Crippen molar-refractivity contribution in [3.63, 3.8) is 0 Å². The molecule has 0 aliphatic heterocycles. The highest BCUT2D eigenvalue weighted by atomic mass is 16.5. The summed E-state index contributed by atoms with van der Waals surface area (Å²) in [5.74, 6) is 0.918. The van der Waals surface area contributed by atoms with Gasteiger partial charge in [-0.25, -0.2) is 0 Å². The lowest BCUT2D eigenvalue weighted by atomic mass is 10.2. The van der Waals surface area contributed by atoms with Gasteiger partial charge in [0.15, 0.2) is 0 Å². The number of aryl methyl sites for hydroxylation is 1. The molecule has 0 radical (unpaired) electrons. The van der Waals surface area contributed by atoms with E-state index in [1.54, 1.807) is 0 Å². The standard InChI is InChI=1S/C17H25N3O/c1-6-21-16-9-7-15(8-10-16)11-18-17-13(4)19-20(12(2)3)14(17)5/h7-10,12,18H,6,11H2,1-5H3. The second-order valence-corrected chi connectivity index (χ2v) is 5.51. The Hall–Kier alpha value is -1.97. The van der Waals surface area contributed by atoms with Crippen molar-refractivity contribution in [3.8, 4) is 5.75 Å². The molecule has 0 amide bonds. The third kappa shape index (κ3) is 3.57. The Morgan fingerprint density at radius 2 is 1.86 bits per heavy atom. The van der Waals surface area contributed by atoms with E-state index in [9.17, 15) is 0 Å². The van der Waals surface area contributed by atoms with Crippen molar-refractivity contribution in [1.82, 2.24) is 9.78 Å². The molecule has 0 saturated carbocycles. The smallest absolute Gasteiger partial charge is 0.119 e. The summed E-state index contributed by atoms with van der Waals surface area (Å²) < 4.78 is 7.52. The number of nitrogens with one attached hydrogen (secondary N) is 1. The molecule has 1 N–H and O–H groups in total. The maximum atomic E-state index is 5.46. The Morgan fingerprint density at radius 3 is 2.38 bits per heavy atom. The Labute approximate surface area is 127 Å². The summed E-state index contributed by atoms with van der Waals surface area (Å²) in [5.41, 5.74) is 4.60. The first-order chi connectivity index (χ1) is 10.0. The summed E-state index contributed by atoms with van der Waals surface area (Å²) in [6.45, 7) is 11.9. The van der Waals surface area contributed by atoms with E-state index in [1.165, 1.54) is 11.3 Å². The normalized spacial score (nSPS) is 11.0. The van der Waals surface area contributed by atoms with Gasteiger partial charge in [0, 0.05) is 12.6 Å². The molecule has 0 aliphatic rings. The molecule has 0 fully saturated rings. The highest BCUT2D eigenvalue weighted by Crippen LogP contribution is 2.23. The number of nitrogens with zero attached hydrogens (tertiary/aromatic N) is 2. The van der Waals surface area contributed by atoms with Gasteiger partial charge in [0.1, 0.15) is 5.75 Å². The lowest BCUT2D eigenvalue weighted by Crippen LogP contribution is -2.06. The maximum absolute atomic E-state index is 5.46. The zero-order valence-electron chi connectivity index (χ0n) is 13.6. The average Bonchev–Trinajstić information content (AvgIpc) is 2.74. The van der Waals surface area contributed by atoms with Gasteiger partial charge in [0.2, 0.25) is 0 Å². The summed E-state index contributed by atoms with van der Waals surface area (Å²) in [6.07, 6.45) is 0. The summed E-state index contributed by atoms with van der Waals surface area (Å²) in [7, 11) is 0. The molecule has 0 atom stereocenters. The number of ether oxygens (including phenoxy) is 1. The quantitative estimate of drug-likeness (QED) is 0.869. The molecule has 114 valence electrons. The van der Waals surface area contributed by atoms with Crippen molar-refractivity contribution in [2.75, 3.05) is 11.9 Å². The van der Waals surface area contributed by atoms with Crippen molar-refractivity contribution in [2.45, 2.75) is 47.2 Å². The molecule has 2 aromatic rings. The zero-order chi connectivity index (χ0) is 15.4. The second-order valence-electron chi connectivity index (χ2n) is 5.51. The maximum Gasteiger partial charge on any atom is 0.119 e. The molecule has 0 saturated heterocycles. The van der Waals surface area contributed by atoms with E-state index in [4.69, 9.17) is 4.74 Å². The van der Waals surface area contributed by atoms with Crippen molar-refractivity contribution in [1.29, 1.82) is 0 Å². The minimum Gasteiger partial charge on any atom is -0.494 e. The van der Waals surface area contributed by atoms with Crippen molar-refractivity contribution in [2.24, 2.45) is 0 Å². The average molecular weight is 287 g/mol. The van der Waals surface area contributed by atoms with Crippen LogP contribution in [0.1, 0.15) is 43.8 Å². The van der Waals surface area contributed by atoms with Gasteiger partial charge in [-0.05, 0) is 52.3 Å². The highest BCUT2D eigenvalue weighted by molar-refractivity contribution is 5.52. The van der Waals surface area contributed by atoms with Gasteiger partial charge in [-0.2, -0.15) is 5.10 Å². The topological polar surface area (TPSA) is 39.1 Å². The fourth-order valence-electron chi connectivity index (χ4n) is 2.48. The molecule has 21 heavy (non-hydrogen) atoms. The molecule has 1 aromatic carbocycles. The molecule has 4 nitrogen and oxygen atoms in total. The Balaban J connectivity index is 2.06. The molecule has 4 heteroatoms. The van der Waals surface area contributed by atoms with E-state index < -0.39 is 0 Å². The molecular weight excluding hydrogens is 262 g/mol. The van der Waals surface area contributed by atoms with E-state index in [0.29, 0.717) is 12.6 Å². The van der Waals surface area contributed by atoms with Crippen LogP contribution in [-0.2, 0) is 6.54 Å². The fraction of sp³-hybridized carbons (Fsp3) is 0.471. The number of aromatic nitrogens is 2. The predicted octanol–water partition coefficient (Wildman–Crippen LogP) is 4.09. The first-order valence-electron chi connectivity index (χ1n) is 7.54. The lowest BCUT2D eigenvalue weighted by molar-refractivity contribution is 0.340. The fourth-order valence-corrected chi connectivity index (χ4v) is 2.48. The molecule has 0 bridgehead atoms. The van der Waals surface area contributed by atoms with Crippen LogP contribution in [0.15, 0.2) is 24.3 Å². The molecule has 0 spiro atoms. The third-order valence-corrected chi connectivity index (χ3v) is 3.52. The van der Waals surface area contributed by atoms with E-state index in [-0.39, 0.29) is 0 Å². The van der Waals surface area contributed by atoms with E-state index in [0.717, 1.165) is 23.7 Å². The van der Waals surface area contributed by atoms with Gasteiger partial charge in [0.05, 0.1) is 23.7 Å². The number of benzene rings is 1. The van der Waals surface area contributed by atoms with Crippen LogP contribution in [0.4, 0.5) is 5.69 Å². The van der Waals surface area contributed by atoms with Crippen LogP contribution in [0.2, 0.25) is 0 Å². The predicted molar refractivity (Wildman–Crippen MR) is 87.0 cm³/mol. The number of hydrogen-bond donors (Lipinski definition) is 1. The van der Waals surface area contributed by atoms with Crippen LogP contribution < -0.4 is 10.1 Å². The van der Waals surface area contributed by atoms with Crippen LogP contribution in [0.3, 0.4) is 0 Å². The summed E-state index contributed by atoms with van der Waals surface area (Å²) in [5, 5.41) is 8.09. The van der Waals surface area contributed by atoms with Crippen LogP contribution >= 0.6 is 0 Å². The van der Waals surface area contributed by atoms with Gasteiger partial charge in [-0.1, -0.05) is 12.1 Å². The molecular formula is C17H25N3O. The van der Waals surface area contributed by atoms with Crippen LogP contribution in [0, 0.1) is 13.8 Å². The van der Waals surface area contributed by atoms with Crippen LogP contribution in [0.25, 0.3) is 0 Å².